The summed E-state index contributed by atoms with van der Waals surface area (Å²) in [6.07, 6.45) is 1.36. The monoisotopic (exact) mass is 179 g/mol. The maximum absolute atomic E-state index is 8.96. The Morgan fingerprint density at radius 2 is 2.31 bits per heavy atom. The quantitative estimate of drug-likeness (QED) is 0.612. The highest BCUT2D eigenvalue weighted by Gasteiger charge is 2.11. The Bertz CT molecular complexity index is 449. The molecule has 0 saturated heterocycles. The summed E-state index contributed by atoms with van der Waals surface area (Å²) in [5, 5.41) is 13.0. The average molecular weight is 179 g/mol. The van der Waals surface area contributed by atoms with Crippen LogP contribution in [0.25, 0.3) is 11.0 Å². The lowest BCUT2D eigenvalue weighted by Gasteiger charge is -1.95. The van der Waals surface area contributed by atoms with Crippen LogP contribution in [0.2, 0.25) is 0 Å². The second-order valence-electron chi connectivity index (χ2n) is 2.68. The van der Waals surface area contributed by atoms with Crippen LogP contribution in [0.3, 0.4) is 0 Å². The molecule has 0 aliphatic rings. The van der Waals surface area contributed by atoms with Gasteiger partial charge >= 0.3 is 0 Å². The number of rotatable bonds is 1. The molecule has 68 valence electrons. The minimum absolute atomic E-state index is 0.145. The third-order valence-corrected chi connectivity index (χ3v) is 1.87. The predicted octanol–water partition coefficient (Wildman–Crippen LogP) is -0.562. The number of aromatic nitrogens is 4. The topological polar surface area (TPSA) is 89.8 Å². The van der Waals surface area contributed by atoms with Crippen molar-refractivity contribution >= 4 is 16.9 Å². The second kappa shape index (κ2) is 2.67. The Kier molecular flexibility index (Phi) is 1.63. The lowest BCUT2D eigenvalue weighted by atomic mass is 10.3. The third kappa shape index (κ3) is 1.03. The molecule has 0 amide bonds. The summed E-state index contributed by atoms with van der Waals surface area (Å²) in [5.74, 6) is 0.375. The fraction of sp³-hybridized carbons (Fsp3) is 0.286. The summed E-state index contributed by atoms with van der Waals surface area (Å²) in [6, 6.07) is 0. The molecule has 2 aromatic rings. The van der Waals surface area contributed by atoms with Crippen molar-refractivity contribution in [1.82, 2.24) is 19.7 Å². The molecule has 2 rings (SSSR count). The van der Waals surface area contributed by atoms with Crippen LogP contribution in [0.1, 0.15) is 5.69 Å². The summed E-state index contributed by atoms with van der Waals surface area (Å²) in [5.41, 5.74) is 7.42. The van der Waals surface area contributed by atoms with Crippen molar-refractivity contribution in [3.05, 3.63) is 12.0 Å². The van der Waals surface area contributed by atoms with Gasteiger partial charge in [-0.3, -0.25) is 4.68 Å². The number of aliphatic hydroxyl groups excluding tert-OH is 1. The van der Waals surface area contributed by atoms with Gasteiger partial charge in [0.2, 0.25) is 0 Å². The summed E-state index contributed by atoms with van der Waals surface area (Å²) in [7, 11) is 1.74. The van der Waals surface area contributed by atoms with Gasteiger partial charge in [-0.25, -0.2) is 9.97 Å². The molecule has 2 heterocycles. The van der Waals surface area contributed by atoms with Gasteiger partial charge in [-0.15, -0.1) is 0 Å². The maximum atomic E-state index is 8.96. The van der Waals surface area contributed by atoms with E-state index in [0.29, 0.717) is 22.5 Å². The van der Waals surface area contributed by atoms with E-state index in [0.717, 1.165) is 0 Å². The first-order valence-corrected chi connectivity index (χ1v) is 3.77. The molecule has 2 aromatic heterocycles. The van der Waals surface area contributed by atoms with Gasteiger partial charge in [-0.1, -0.05) is 0 Å². The molecule has 0 fully saturated rings. The van der Waals surface area contributed by atoms with Gasteiger partial charge in [0.05, 0.1) is 6.61 Å². The fourth-order valence-electron chi connectivity index (χ4n) is 1.31. The zero-order valence-corrected chi connectivity index (χ0v) is 7.10. The van der Waals surface area contributed by atoms with Crippen molar-refractivity contribution in [1.29, 1.82) is 0 Å². The van der Waals surface area contributed by atoms with Crippen LogP contribution in [-0.2, 0) is 13.7 Å². The van der Waals surface area contributed by atoms with Crippen molar-refractivity contribution < 1.29 is 5.11 Å². The smallest absolute Gasteiger partial charge is 0.153 e. The fourth-order valence-corrected chi connectivity index (χ4v) is 1.31. The van der Waals surface area contributed by atoms with E-state index in [4.69, 9.17) is 10.8 Å². The third-order valence-electron chi connectivity index (χ3n) is 1.87. The van der Waals surface area contributed by atoms with Crippen molar-refractivity contribution in [2.24, 2.45) is 7.05 Å². The SMILES string of the molecule is Cn1nc(CO)c2ncnc(N)c21. The molecule has 0 saturated carbocycles. The van der Waals surface area contributed by atoms with Gasteiger partial charge in [-0.05, 0) is 0 Å². The Morgan fingerprint density at radius 1 is 1.54 bits per heavy atom. The van der Waals surface area contributed by atoms with E-state index in [1.54, 1.807) is 11.7 Å². The average Bonchev–Trinajstić information content (AvgIpc) is 2.44. The van der Waals surface area contributed by atoms with Crippen LogP contribution in [0.5, 0.6) is 0 Å². The van der Waals surface area contributed by atoms with Gasteiger partial charge in [0, 0.05) is 7.05 Å². The number of aliphatic hydroxyl groups is 1. The molecular weight excluding hydrogens is 170 g/mol. The molecule has 0 unspecified atom stereocenters. The summed E-state index contributed by atoms with van der Waals surface area (Å²) in [4.78, 5) is 7.84. The normalized spacial score (nSPS) is 10.9. The van der Waals surface area contributed by atoms with Crippen molar-refractivity contribution in [3.63, 3.8) is 0 Å². The van der Waals surface area contributed by atoms with Crippen LogP contribution in [-0.4, -0.2) is 24.9 Å². The molecule has 0 aromatic carbocycles. The van der Waals surface area contributed by atoms with Crippen LogP contribution in [0.4, 0.5) is 5.82 Å². The molecule has 13 heavy (non-hydrogen) atoms. The molecule has 6 nitrogen and oxygen atoms in total. The number of anilines is 1. The first-order chi connectivity index (χ1) is 6.24. The minimum atomic E-state index is -0.145. The summed E-state index contributed by atoms with van der Waals surface area (Å²) < 4.78 is 1.57. The molecule has 0 aliphatic heterocycles. The number of nitrogens with two attached hydrogens (primary N) is 1. The minimum Gasteiger partial charge on any atom is -0.390 e. The van der Waals surface area contributed by atoms with E-state index in [2.05, 4.69) is 15.1 Å². The standard InChI is InChI=1S/C7H9N5O/c1-12-6-5(4(2-13)11-12)9-3-10-7(6)8/h3,13H,2H2,1H3,(H2,8,9,10). The molecule has 6 heteroatoms. The lowest BCUT2D eigenvalue weighted by Crippen LogP contribution is -1.97. The van der Waals surface area contributed by atoms with Gasteiger partial charge in [0.25, 0.3) is 0 Å². The van der Waals surface area contributed by atoms with E-state index in [-0.39, 0.29) is 6.61 Å². The van der Waals surface area contributed by atoms with Gasteiger partial charge in [0.15, 0.2) is 5.82 Å². The van der Waals surface area contributed by atoms with Crippen molar-refractivity contribution in [2.75, 3.05) is 5.73 Å². The van der Waals surface area contributed by atoms with Crippen LogP contribution in [0, 0.1) is 0 Å². The van der Waals surface area contributed by atoms with Crippen LogP contribution in [0.15, 0.2) is 6.33 Å². The van der Waals surface area contributed by atoms with Crippen molar-refractivity contribution in [3.8, 4) is 0 Å². The predicted molar refractivity (Wildman–Crippen MR) is 46.6 cm³/mol. The highest BCUT2D eigenvalue weighted by molar-refractivity contribution is 5.85. The van der Waals surface area contributed by atoms with Gasteiger partial charge in [-0.2, -0.15) is 5.10 Å². The highest BCUT2D eigenvalue weighted by atomic mass is 16.3. The highest BCUT2D eigenvalue weighted by Crippen LogP contribution is 2.18. The summed E-state index contributed by atoms with van der Waals surface area (Å²) in [6.45, 7) is -0.145. The van der Waals surface area contributed by atoms with Gasteiger partial charge in [0.1, 0.15) is 23.1 Å². The molecular formula is C7H9N5O. The Balaban J connectivity index is 2.87. The Morgan fingerprint density at radius 3 is 3.00 bits per heavy atom. The summed E-state index contributed by atoms with van der Waals surface area (Å²) >= 11 is 0. The van der Waals surface area contributed by atoms with E-state index in [9.17, 15) is 0 Å². The zero-order chi connectivity index (χ0) is 9.42. The van der Waals surface area contributed by atoms with Crippen LogP contribution >= 0.6 is 0 Å². The van der Waals surface area contributed by atoms with E-state index in [1.807, 2.05) is 0 Å². The molecule has 0 aliphatic carbocycles. The van der Waals surface area contributed by atoms with E-state index < -0.39 is 0 Å². The number of nitrogen functional groups attached to an aromatic ring is 1. The first-order valence-electron chi connectivity index (χ1n) is 3.77. The molecule has 0 radical (unpaired) electrons. The number of aryl methyl sites for hydroxylation is 1. The Hall–Kier alpha value is -1.69. The number of hydrogen-bond acceptors (Lipinski definition) is 5. The lowest BCUT2D eigenvalue weighted by molar-refractivity contribution is 0.277. The zero-order valence-electron chi connectivity index (χ0n) is 7.10. The number of hydrogen-bond donors (Lipinski definition) is 2. The largest absolute Gasteiger partial charge is 0.390 e. The molecule has 0 bridgehead atoms. The van der Waals surface area contributed by atoms with E-state index in [1.165, 1.54) is 6.33 Å². The van der Waals surface area contributed by atoms with E-state index >= 15 is 0 Å². The molecule has 3 N–H and O–H groups in total. The first kappa shape index (κ1) is 7.93. The van der Waals surface area contributed by atoms with Gasteiger partial charge < -0.3 is 10.8 Å². The number of fused-ring (bicyclic) bond motifs is 1. The number of nitrogens with zero attached hydrogens (tertiary/aromatic N) is 4. The second-order valence-corrected chi connectivity index (χ2v) is 2.68. The molecule has 0 spiro atoms. The van der Waals surface area contributed by atoms with Crippen LogP contribution < -0.4 is 5.73 Å². The molecule has 0 atom stereocenters. The van der Waals surface area contributed by atoms with Crippen molar-refractivity contribution in [2.45, 2.75) is 6.61 Å². The Labute approximate surface area is 74.0 Å². The maximum Gasteiger partial charge on any atom is 0.153 e.